The van der Waals surface area contributed by atoms with Gasteiger partial charge in [-0.2, -0.15) is 0 Å². The summed E-state index contributed by atoms with van der Waals surface area (Å²) in [5, 5.41) is 8.94. The monoisotopic (exact) mass is 180 g/mol. The molecule has 1 N–H and O–H groups in total. The van der Waals surface area contributed by atoms with Crippen molar-refractivity contribution >= 4 is 5.97 Å². The normalized spacial score (nSPS) is 52.5. The summed E-state index contributed by atoms with van der Waals surface area (Å²) in [6.07, 6.45) is 6.15. The summed E-state index contributed by atoms with van der Waals surface area (Å²) in [4.78, 5) is 10.8. The van der Waals surface area contributed by atoms with E-state index in [4.69, 9.17) is 5.11 Å². The van der Waals surface area contributed by atoms with E-state index < -0.39 is 5.97 Å². The molecule has 0 amide bonds. The maximum absolute atomic E-state index is 10.8. The van der Waals surface area contributed by atoms with Crippen molar-refractivity contribution in [2.75, 3.05) is 0 Å². The molecule has 13 heavy (non-hydrogen) atoms. The van der Waals surface area contributed by atoms with E-state index in [-0.39, 0.29) is 5.92 Å². The maximum Gasteiger partial charge on any atom is 0.306 e. The van der Waals surface area contributed by atoms with Crippen LogP contribution < -0.4 is 0 Å². The smallest absolute Gasteiger partial charge is 0.306 e. The van der Waals surface area contributed by atoms with Gasteiger partial charge in [-0.25, -0.2) is 0 Å². The van der Waals surface area contributed by atoms with Crippen LogP contribution in [0, 0.1) is 29.6 Å². The second kappa shape index (κ2) is 2.49. The van der Waals surface area contributed by atoms with Crippen LogP contribution >= 0.6 is 0 Å². The number of carboxylic acid groups (broad SMARTS) is 1. The molecule has 0 radical (unpaired) electrons. The van der Waals surface area contributed by atoms with Crippen LogP contribution in [0.3, 0.4) is 0 Å². The standard InChI is InChI=1S/C11H16O2/c12-11(13)6-4-9-7-2-1-3-8(7)10(9)5-6/h6-10H,1-5H2,(H,12,13)/t6?,7-,8+,9+,10-. The van der Waals surface area contributed by atoms with Crippen LogP contribution in [-0.2, 0) is 4.79 Å². The third kappa shape index (κ3) is 0.918. The molecule has 72 valence electrons. The zero-order chi connectivity index (χ0) is 9.00. The van der Waals surface area contributed by atoms with E-state index in [0.29, 0.717) is 0 Å². The van der Waals surface area contributed by atoms with E-state index in [1.807, 2.05) is 0 Å². The fourth-order valence-electron chi connectivity index (χ4n) is 4.22. The van der Waals surface area contributed by atoms with Gasteiger partial charge < -0.3 is 5.11 Å². The summed E-state index contributed by atoms with van der Waals surface area (Å²) >= 11 is 0. The van der Waals surface area contributed by atoms with Crippen molar-refractivity contribution in [2.24, 2.45) is 29.6 Å². The lowest BCUT2D eigenvalue weighted by atomic mass is 9.60. The Kier molecular flexibility index (Phi) is 1.50. The average molecular weight is 180 g/mol. The largest absolute Gasteiger partial charge is 0.481 e. The average Bonchev–Trinajstić information content (AvgIpc) is 2.59. The molecule has 1 unspecified atom stereocenters. The van der Waals surface area contributed by atoms with E-state index >= 15 is 0 Å². The van der Waals surface area contributed by atoms with Crippen LogP contribution in [0.5, 0.6) is 0 Å². The molecule has 5 atom stereocenters. The van der Waals surface area contributed by atoms with Gasteiger partial charge in [0.1, 0.15) is 0 Å². The molecule has 0 bridgehead atoms. The topological polar surface area (TPSA) is 37.3 Å². The quantitative estimate of drug-likeness (QED) is 0.671. The predicted octanol–water partition coefficient (Wildman–Crippen LogP) is 2.14. The van der Waals surface area contributed by atoms with Gasteiger partial charge in [0, 0.05) is 0 Å². The number of aliphatic carboxylic acids is 1. The summed E-state index contributed by atoms with van der Waals surface area (Å²) in [7, 11) is 0. The van der Waals surface area contributed by atoms with Crippen LogP contribution in [0.4, 0.5) is 0 Å². The molecule has 0 spiro atoms. The van der Waals surface area contributed by atoms with Gasteiger partial charge in [0.15, 0.2) is 0 Å². The minimum Gasteiger partial charge on any atom is -0.481 e. The first-order valence-electron chi connectivity index (χ1n) is 5.50. The van der Waals surface area contributed by atoms with Crippen molar-refractivity contribution in [2.45, 2.75) is 32.1 Å². The fourth-order valence-corrected chi connectivity index (χ4v) is 4.22. The number of carboxylic acids is 1. The Labute approximate surface area is 78.3 Å². The predicted molar refractivity (Wildman–Crippen MR) is 48.2 cm³/mol. The molecule has 0 aromatic heterocycles. The van der Waals surface area contributed by atoms with Crippen molar-refractivity contribution < 1.29 is 9.90 Å². The molecular formula is C11H16O2. The highest BCUT2D eigenvalue weighted by Crippen LogP contribution is 2.63. The molecule has 0 aliphatic heterocycles. The number of carbonyl (C=O) groups is 1. The molecular weight excluding hydrogens is 164 g/mol. The van der Waals surface area contributed by atoms with Crippen LogP contribution in [0.25, 0.3) is 0 Å². The molecule has 0 aromatic rings. The number of hydrogen-bond donors (Lipinski definition) is 1. The first-order chi connectivity index (χ1) is 6.27. The molecule has 3 fully saturated rings. The van der Waals surface area contributed by atoms with Gasteiger partial charge in [-0.3, -0.25) is 4.79 Å². The first-order valence-corrected chi connectivity index (χ1v) is 5.50. The Morgan fingerprint density at radius 1 is 1.00 bits per heavy atom. The molecule has 3 aliphatic carbocycles. The van der Waals surface area contributed by atoms with Crippen molar-refractivity contribution in [3.63, 3.8) is 0 Å². The van der Waals surface area contributed by atoms with Gasteiger partial charge in [0.25, 0.3) is 0 Å². The lowest BCUT2D eigenvalue weighted by molar-refractivity contribution is -0.141. The van der Waals surface area contributed by atoms with E-state index in [1.165, 1.54) is 19.3 Å². The van der Waals surface area contributed by atoms with Crippen LogP contribution in [0.1, 0.15) is 32.1 Å². The molecule has 0 aromatic carbocycles. The Morgan fingerprint density at radius 3 is 2.00 bits per heavy atom. The molecule has 0 saturated heterocycles. The van der Waals surface area contributed by atoms with E-state index in [0.717, 1.165) is 36.5 Å². The summed E-state index contributed by atoms with van der Waals surface area (Å²) in [5.74, 6) is 2.90. The van der Waals surface area contributed by atoms with Crippen molar-refractivity contribution in [1.29, 1.82) is 0 Å². The Balaban J connectivity index is 1.74. The van der Waals surface area contributed by atoms with Gasteiger partial charge in [-0.15, -0.1) is 0 Å². The lowest BCUT2D eigenvalue weighted by Crippen LogP contribution is -2.39. The Bertz CT molecular complexity index is 230. The summed E-state index contributed by atoms with van der Waals surface area (Å²) < 4.78 is 0. The molecule has 2 heteroatoms. The summed E-state index contributed by atoms with van der Waals surface area (Å²) in [6.45, 7) is 0. The second-order valence-corrected chi connectivity index (χ2v) is 5.09. The van der Waals surface area contributed by atoms with Crippen LogP contribution in [0.15, 0.2) is 0 Å². The van der Waals surface area contributed by atoms with Crippen LogP contribution in [-0.4, -0.2) is 11.1 Å². The molecule has 3 saturated carbocycles. The molecule has 0 heterocycles. The van der Waals surface area contributed by atoms with Crippen molar-refractivity contribution in [3.05, 3.63) is 0 Å². The number of rotatable bonds is 1. The summed E-state index contributed by atoms with van der Waals surface area (Å²) in [6, 6.07) is 0. The van der Waals surface area contributed by atoms with Gasteiger partial charge in [0.05, 0.1) is 5.92 Å². The summed E-state index contributed by atoms with van der Waals surface area (Å²) in [5.41, 5.74) is 0. The SMILES string of the molecule is O=C(O)C1C[C@@H]2[C@H]3CCC[C@H]3[C@@H]2C1. The van der Waals surface area contributed by atoms with Gasteiger partial charge in [-0.1, -0.05) is 6.42 Å². The third-order valence-corrected chi connectivity index (χ3v) is 4.74. The zero-order valence-corrected chi connectivity index (χ0v) is 7.78. The molecule has 3 aliphatic rings. The highest BCUT2D eigenvalue weighted by atomic mass is 16.4. The second-order valence-electron chi connectivity index (χ2n) is 5.09. The lowest BCUT2D eigenvalue weighted by Gasteiger charge is -2.45. The number of fused-ring (bicyclic) bond motifs is 4. The number of hydrogen-bond acceptors (Lipinski definition) is 1. The Hall–Kier alpha value is -0.530. The Morgan fingerprint density at radius 2 is 1.54 bits per heavy atom. The zero-order valence-electron chi connectivity index (χ0n) is 7.78. The van der Waals surface area contributed by atoms with Crippen molar-refractivity contribution in [3.8, 4) is 0 Å². The highest BCUT2D eigenvalue weighted by Gasteiger charge is 2.57. The van der Waals surface area contributed by atoms with Crippen LogP contribution in [0.2, 0.25) is 0 Å². The van der Waals surface area contributed by atoms with Gasteiger partial charge in [-0.05, 0) is 49.4 Å². The first kappa shape index (κ1) is 7.84. The van der Waals surface area contributed by atoms with E-state index in [2.05, 4.69) is 0 Å². The minimum atomic E-state index is -0.549. The van der Waals surface area contributed by atoms with Gasteiger partial charge in [0.2, 0.25) is 0 Å². The van der Waals surface area contributed by atoms with E-state index in [1.54, 1.807) is 0 Å². The third-order valence-electron chi connectivity index (χ3n) is 4.74. The van der Waals surface area contributed by atoms with Crippen molar-refractivity contribution in [1.82, 2.24) is 0 Å². The highest BCUT2D eigenvalue weighted by molar-refractivity contribution is 5.70. The molecule has 2 nitrogen and oxygen atoms in total. The fraction of sp³-hybridized carbons (Fsp3) is 0.909. The molecule has 3 rings (SSSR count). The van der Waals surface area contributed by atoms with E-state index in [9.17, 15) is 4.79 Å². The minimum absolute atomic E-state index is 0.000556. The van der Waals surface area contributed by atoms with Gasteiger partial charge >= 0.3 is 5.97 Å². The maximum atomic E-state index is 10.8.